The first-order valence-electron chi connectivity index (χ1n) is 12.3. The molecule has 0 aliphatic carbocycles. The largest absolute Gasteiger partial charge is 0.369 e. The van der Waals surface area contributed by atoms with E-state index in [0.29, 0.717) is 24.9 Å². The molecule has 1 aliphatic rings. The Hall–Kier alpha value is -2.83. The molecule has 6 heteroatoms. The second kappa shape index (κ2) is 13.8. The maximum absolute atomic E-state index is 11.7. The van der Waals surface area contributed by atoms with Crippen LogP contribution in [0.1, 0.15) is 47.2 Å². The van der Waals surface area contributed by atoms with E-state index in [9.17, 15) is 14.4 Å². The number of carbonyl (C=O) groups excluding carboxylic acids is 3. The fourth-order valence-corrected chi connectivity index (χ4v) is 4.71. The van der Waals surface area contributed by atoms with Gasteiger partial charge in [-0.15, -0.1) is 0 Å². The lowest BCUT2D eigenvalue weighted by atomic mass is 9.96. The summed E-state index contributed by atoms with van der Waals surface area (Å²) < 4.78 is 0. The summed E-state index contributed by atoms with van der Waals surface area (Å²) in [6.45, 7) is 5.89. The number of benzene rings is 2. The van der Waals surface area contributed by atoms with Gasteiger partial charge in [-0.05, 0) is 62.5 Å². The van der Waals surface area contributed by atoms with Crippen LogP contribution in [0.4, 0.5) is 5.69 Å². The number of para-hydroxylation sites is 1. The fraction of sp³-hybridized carbons (Fsp3) is 0.464. The zero-order valence-electron chi connectivity index (χ0n) is 20.3. The van der Waals surface area contributed by atoms with Crippen LogP contribution in [-0.4, -0.2) is 74.5 Å². The van der Waals surface area contributed by atoms with Crippen molar-refractivity contribution < 1.29 is 14.4 Å². The van der Waals surface area contributed by atoms with Crippen molar-refractivity contribution in [2.24, 2.45) is 0 Å². The van der Waals surface area contributed by atoms with E-state index in [4.69, 9.17) is 0 Å². The first-order chi connectivity index (χ1) is 16.7. The van der Waals surface area contributed by atoms with Crippen molar-refractivity contribution in [2.45, 2.75) is 44.7 Å². The van der Waals surface area contributed by atoms with Crippen LogP contribution in [0.25, 0.3) is 0 Å². The van der Waals surface area contributed by atoms with E-state index in [2.05, 4.69) is 46.2 Å². The SMILES string of the molecule is CN(Cc1c(C=O)cccc1CCCCN1CCN(c2ccccc2)CC1)C(C=O)CCC=O. The van der Waals surface area contributed by atoms with Gasteiger partial charge in [0.05, 0.1) is 6.04 Å². The molecule has 3 rings (SSSR count). The molecule has 2 aromatic carbocycles. The molecule has 0 spiro atoms. The molecule has 6 nitrogen and oxygen atoms in total. The number of likely N-dealkylation sites (N-methyl/N-ethyl adjacent to an activating group) is 1. The number of hydrogen-bond donors (Lipinski definition) is 0. The van der Waals surface area contributed by atoms with Crippen LogP contribution >= 0.6 is 0 Å². The summed E-state index contributed by atoms with van der Waals surface area (Å²) in [6.07, 6.45) is 6.58. The van der Waals surface area contributed by atoms with E-state index < -0.39 is 0 Å². The summed E-state index contributed by atoms with van der Waals surface area (Å²) in [5, 5.41) is 0. The van der Waals surface area contributed by atoms with Gasteiger partial charge in [0.2, 0.25) is 0 Å². The van der Waals surface area contributed by atoms with Crippen molar-refractivity contribution in [1.82, 2.24) is 9.80 Å². The number of rotatable bonds is 14. The van der Waals surface area contributed by atoms with Crippen LogP contribution in [0.15, 0.2) is 48.5 Å². The van der Waals surface area contributed by atoms with E-state index in [1.807, 2.05) is 24.1 Å². The number of aldehydes is 3. The molecular weight excluding hydrogens is 426 g/mol. The van der Waals surface area contributed by atoms with Gasteiger partial charge in [0, 0.05) is 50.4 Å². The summed E-state index contributed by atoms with van der Waals surface area (Å²) in [6, 6.07) is 16.2. The van der Waals surface area contributed by atoms with Crippen LogP contribution in [0.5, 0.6) is 0 Å². The molecule has 0 saturated carbocycles. The molecule has 34 heavy (non-hydrogen) atoms. The van der Waals surface area contributed by atoms with E-state index >= 15 is 0 Å². The number of unbranched alkanes of at least 4 members (excludes halogenated alkanes) is 1. The highest BCUT2D eigenvalue weighted by atomic mass is 16.1. The predicted octanol–water partition coefficient (Wildman–Crippen LogP) is 3.62. The number of aryl methyl sites for hydroxylation is 1. The third-order valence-electron chi connectivity index (χ3n) is 6.81. The third-order valence-corrected chi connectivity index (χ3v) is 6.81. The highest BCUT2D eigenvalue weighted by molar-refractivity contribution is 5.78. The standard InChI is InChI=1S/C28H37N3O3/c1-29(27(23-34)14-8-20-32)21-28-24(10-7-11-25(28)22-33)9-5-6-15-30-16-18-31(19-17-30)26-12-3-2-4-13-26/h2-4,7,10-13,20,22-23,27H,5-6,8-9,14-19,21H2,1H3. The molecule has 1 saturated heterocycles. The van der Waals surface area contributed by atoms with Gasteiger partial charge >= 0.3 is 0 Å². The zero-order chi connectivity index (χ0) is 24.2. The van der Waals surface area contributed by atoms with Crippen molar-refractivity contribution in [1.29, 1.82) is 0 Å². The second-order valence-electron chi connectivity index (χ2n) is 9.09. The predicted molar refractivity (Wildman–Crippen MR) is 136 cm³/mol. The lowest BCUT2D eigenvalue weighted by molar-refractivity contribution is -0.113. The van der Waals surface area contributed by atoms with Gasteiger partial charge in [-0.25, -0.2) is 0 Å². The number of anilines is 1. The lowest BCUT2D eigenvalue weighted by Gasteiger charge is -2.36. The summed E-state index contributed by atoms with van der Waals surface area (Å²) in [5.74, 6) is 0. The van der Waals surface area contributed by atoms with Crippen molar-refractivity contribution in [3.63, 3.8) is 0 Å². The lowest BCUT2D eigenvalue weighted by Crippen LogP contribution is -2.46. The van der Waals surface area contributed by atoms with E-state index in [0.717, 1.165) is 76.4 Å². The van der Waals surface area contributed by atoms with Gasteiger partial charge in [0.1, 0.15) is 18.9 Å². The average Bonchev–Trinajstić information content (AvgIpc) is 2.88. The minimum atomic E-state index is -0.327. The molecule has 0 N–H and O–H groups in total. The van der Waals surface area contributed by atoms with Crippen LogP contribution < -0.4 is 4.90 Å². The van der Waals surface area contributed by atoms with Gasteiger partial charge < -0.3 is 14.5 Å². The highest BCUT2D eigenvalue weighted by Crippen LogP contribution is 2.20. The van der Waals surface area contributed by atoms with Gasteiger partial charge in [-0.2, -0.15) is 0 Å². The minimum Gasteiger partial charge on any atom is -0.369 e. The molecular formula is C28H37N3O3. The number of hydrogen-bond acceptors (Lipinski definition) is 6. The number of nitrogens with zero attached hydrogens (tertiary/aromatic N) is 3. The fourth-order valence-electron chi connectivity index (χ4n) is 4.71. The Morgan fingerprint density at radius 3 is 2.38 bits per heavy atom. The maximum Gasteiger partial charge on any atom is 0.150 e. The molecule has 1 aliphatic heterocycles. The molecule has 182 valence electrons. The first kappa shape index (κ1) is 25.8. The van der Waals surface area contributed by atoms with Gasteiger partial charge in [0.15, 0.2) is 0 Å². The van der Waals surface area contributed by atoms with E-state index in [-0.39, 0.29) is 6.04 Å². The molecule has 1 fully saturated rings. The van der Waals surface area contributed by atoms with Gasteiger partial charge in [-0.1, -0.05) is 36.4 Å². The first-order valence-corrected chi connectivity index (χ1v) is 12.3. The van der Waals surface area contributed by atoms with Crippen molar-refractivity contribution in [2.75, 3.05) is 44.7 Å². The summed E-state index contributed by atoms with van der Waals surface area (Å²) in [5.41, 5.74) is 4.15. The van der Waals surface area contributed by atoms with Crippen molar-refractivity contribution in [3.8, 4) is 0 Å². The van der Waals surface area contributed by atoms with E-state index in [1.165, 1.54) is 11.3 Å². The Bertz CT molecular complexity index is 910. The normalized spacial score (nSPS) is 15.3. The van der Waals surface area contributed by atoms with Crippen LogP contribution in [0, 0.1) is 0 Å². The number of piperazine rings is 1. The Labute approximate surface area is 203 Å². The topological polar surface area (TPSA) is 60.9 Å². The number of carbonyl (C=O) groups is 3. The van der Waals surface area contributed by atoms with Crippen LogP contribution in [0.2, 0.25) is 0 Å². The Balaban J connectivity index is 1.49. The molecule has 0 amide bonds. The molecule has 0 bridgehead atoms. The summed E-state index contributed by atoms with van der Waals surface area (Å²) in [4.78, 5) is 40.8. The van der Waals surface area contributed by atoms with E-state index in [1.54, 1.807) is 0 Å². The van der Waals surface area contributed by atoms with Crippen molar-refractivity contribution in [3.05, 3.63) is 65.2 Å². The van der Waals surface area contributed by atoms with Gasteiger partial charge in [0.25, 0.3) is 0 Å². The maximum atomic E-state index is 11.7. The Morgan fingerprint density at radius 2 is 1.71 bits per heavy atom. The van der Waals surface area contributed by atoms with Crippen LogP contribution in [-0.2, 0) is 22.6 Å². The summed E-state index contributed by atoms with van der Waals surface area (Å²) in [7, 11) is 1.88. The molecule has 0 aromatic heterocycles. The Morgan fingerprint density at radius 1 is 0.941 bits per heavy atom. The quantitative estimate of drug-likeness (QED) is 0.315. The minimum absolute atomic E-state index is 0.327. The second-order valence-corrected chi connectivity index (χ2v) is 9.09. The Kier molecular flexibility index (Phi) is 10.4. The molecule has 1 heterocycles. The van der Waals surface area contributed by atoms with Crippen LogP contribution in [0.3, 0.4) is 0 Å². The summed E-state index contributed by atoms with van der Waals surface area (Å²) >= 11 is 0. The monoisotopic (exact) mass is 463 g/mol. The molecule has 2 aromatic rings. The van der Waals surface area contributed by atoms with Gasteiger partial charge in [-0.3, -0.25) is 14.6 Å². The smallest absolute Gasteiger partial charge is 0.150 e. The molecule has 1 unspecified atom stereocenters. The highest BCUT2D eigenvalue weighted by Gasteiger charge is 2.18. The third kappa shape index (κ3) is 7.34. The molecule has 0 radical (unpaired) electrons. The molecule has 1 atom stereocenters. The average molecular weight is 464 g/mol. The zero-order valence-corrected chi connectivity index (χ0v) is 20.3. The van der Waals surface area contributed by atoms with Crippen molar-refractivity contribution >= 4 is 24.5 Å².